The average molecular weight is 522 g/mol. The Balaban J connectivity index is 1.56. The summed E-state index contributed by atoms with van der Waals surface area (Å²) in [6, 6.07) is 13.9. The van der Waals surface area contributed by atoms with Crippen molar-refractivity contribution in [2.45, 2.75) is 32.7 Å². The van der Waals surface area contributed by atoms with E-state index in [1.165, 1.54) is 22.3 Å². The summed E-state index contributed by atoms with van der Waals surface area (Å²) in [7, 11) is 0. The first-order valence-corrected chi connectivity index (χ1v) is 12.9. The molecule has 184 valence electrons. The van der Waals surface area contributed by atoms with Crippen molar-refractivity contribution in [3.05, 3.63) is 86.7 Å². The zero-order valence-corrected chi connectivity index (χ0v) is 21.3. The highest BCUT2D eigenvalue weighted by Crippen LogP contribution is 2.36. The summed E-state index contributed by atoms with van der Waals surface area (Å²) in [5.74, 6) is -0.378. The van der Waals surface area contributed by atoms with Crippen LogP contribution in [0.2, 0.25) is 5.02 Å². The van der Waals surface area contributed by atoms with Gasteiger partial charge in [0.15, 0.2) is 5.13 Å². The van der Waals surface area contributed by atoms with Crippen LogP contribution in [0.4, 0.5) is 16.5 Å². The first kappa shape index (κ1) is 24.1. The fourth-order valence-corrected chi connectivity index (χ4v) is 5.62. The van der Waals surface area contributed by atoms with Gasteiger partial charge in [-0.1, -0.05) is 29.0 Å². The lowest BCUT2D eigenvalue weighted by Crippen LogP contribution is -2.32. The van der Waals surface area contributed by atoms with Crippen molar-refractivity contribution >= 4 is 55.6 Å². The maximum absolute atomic E-state index is 13.8. The van der Waals surface area contributed by atoms with Gasteiger partial charge in [0.05, 0.1) is 27.4 Å². The van der Waals surface area contributed by atoms with Gasteiger partial charge in [-0.3, -0.25) is 24.8 Å². The molecule has 10 heteroatoms. The van der Waals surface area contributed by atoms with Gasteiger partial charge in [0.2, 0.25) is 0 Å². The van der Waals surface area contributed by atoms with Crippen LogP contribution < -0.4 is 9.80 Å². The summed E-state index contributed by atoms with van der Waals surface area (Å²) >= 11 is 7.67. The van der Waals surface area contributed by atoms with Crippen molar-refractivity contribution in [2.75, 3.05) is 22.9 Å². The van der Waals surface area contributed by atoms with Gasteiger partial charge < -0.3 is 4.90 Å². The highest BCUT2D eigenvalue weighted by Gasteiger charge is 2.27. The molecule has 1 fully saturated rings. The second-order valence-corrected chi connectivity index (χ2v) is 10.2. The Bertz CT molecular complexity index is 1440. The normalized spacial score (nSPS) is 13.7. The van der Waals surface area contributed by atoms with Gasteiger partial charge in [-0.2, -0.15) is 0 Å². The fraction of sp³-hybridized carbons (Fsp3) is 0.269. The molecule has 1 aliphatic rings. The number of nitro groups is 1. The van der Waals surface area contributed by atoms with Crippen LogP contribution in [0.25, 0.3) is 10.2 Å². The van der Waals surface area contributed by atoms with E-state index in [2.05, 4.69) is 4.98 Å². The number of aryl methyl sites for hydroxylation is 1. The smallest absolute Gasteiger partial charge is 0.293 e. The van der Waals surface area contributed by atoms with Gasteiger partial charge in [0, 0.05) is 35.9 Å². The minimum atomic E-state index is -0.410. The lowest BCUT2D eigenvalue weighted by molar-refractivity contribution is -0.384. The number of nitro benzene ring substituents is 1. The Labute approximate surface area is 217 Å². The molecule has 0 bridgehead atoms. The van der Waals surface area contributed by atoms with Crippen LogP contribution in [0, 0.1) is 17.0 Å². The second kappa shape index (κ2) is 10.2. The van der Waals surface area contributed by atoms with E-state index in [-0.39, 0.29) is 23.7 Å². The van der Waals surface area contributed by atoms with Crippen LogP contribution in [-0.4, -0.2) is 33.9 Å². The van der Waals surface area contributed by atoms with Crippen LogP contribution in [0.15, 0.2) is 54.7 Å². The summed E-state index contributed by atoms with van der Waals surface area (Å²) in [5, 5.41) is 13.1. The molecule has 1 saturated heterocycles. The molecule has 0 radical (unpaired) electrons. The lowest BCUT2D eigenvalue weighted by atomic mass is 10.1. The van der Waals surface area contributed by atoms with Crippen molar-refractivity contribution in [3.8, 4) is 0 Å². The van der Waals surface area contributed by atoms with Gasteiger partial charge in [-0.25, -0.2) is 4.98 Å². The SMILES string of the molecule is Cc1c(Cl)ccc2sc(N(Cc3ccccn3)C(=O)c3ccc(N4CCCCC4)c([N+](=O)[O-])c3)nc12. The summed E-state index contributed by atoms with van der Waals surface area (Å²) < 4.78 is 0.900. The standard InChI is InChI=1S/C26H24ClN5O3S/c1-17-20(27)9-11-23-24(17)29-26(36-23)31(16-19-7-3-4-12-28-19)25(33)18-8-10-21(22(15-18)32(34)35)30-13-5-2-6-14-30/h3-4,7-12,15H,2,5-6,13-14,16H2,1H3. The Morgan fingerprint density at radius 2 is 1.97 bits per heavy atom. The van der Waals surface area contributed by atoms with E-state index >= 15 is 0 Å². The van der Waals surface area contributed by atoms with Crippen LogP contribution in [-0.2, 0) is 6.54 Å². The Morgan fingerprint density at radius 1 is 1.17 bits per heavy atom. The third-order valence-corrected chi connectivity index (χ3v) is 7.83. The van der Waals surface area contributed by atoms with Crippen molar-refractivity contribution in [1.82, 2.24) is 9.97 Å². The third kappa shape index (κ3) is 4.76. The van der Waals surface area contributed by atoms with E-state index in [0.29, 0.717) is 21.5 Å². The Morgan fingerprint density at radius 3 is 2.69 bits per heavy atom. The van der Waals surface area contributed by atoms with Gasteiger partial charge in [-0.15, -0.1) is 0 Å². The number of aromatic nitrogens is 2. The largest absolute Gasteiger partial charge is 0.366 e. The monoisotopic (exact) mass is 521 g/mol. The molecule has 2 aromatic heterocycles. The van der Waals surface area contributed by atoms with E-state index in [1.807, 2.05) is 36.1 Å². The van der Waals surface area contributed by atoms with Gasteiger partial charge in [0.1, 0.15) is 5.69 Å². The minimum absolute atomic E-state index is 0.0625. The van der Waals surface area contributed by atoms with Crippen molar-refractivity contribution in [2.24, 2.45) is 0 Å². The quantitative estimate of drug-likeness (QED) is 0.215. The molecule has 0 spiro atoms. The predicted molar refractivity (Wildman–Crippen MR) is 143 cm³/mol. The molecule has 3 heterocycles. The molecule has 1 aliphatic heterocycles. The molecule has 8 nitrogen and oxygen atoms in total. The number of nitrogens with zero attached hydrogens (tertiary/aromatic N) is 5. The molecular weight excluding hydrogens is 498 g/mol. The van der Waals surface area contributed by atoms with Gasteiger partial charge in [-0.05, 0) is 68.1 Å². The molecular formula is C26H24ClN5O3S. The number of fused-ring (bicyclic) bond motifs is 1. The summed E-state index contributed by atoms with van der Waals surface area (Å²) in [5.41, 5.74) is 2.97. The fourth-order valence-electron chi connectivity index (χ4n) is 4.44. The van der Waals surface area contributed by atoms with E-state index < -0.39 is 4.92 Å². The van der Waals surface area contributed by atoms with Gasteiger partial charge >= 0.3 is 0 Å². The summed E-state index contributed by atoms with van der Waals surface area (Å²) in [6.07, 6.45) is 4.78. The summed E-state index contributed by atoms with van der Waals surface area (Å²) in [6.45, 7) is 3.61. The van der Waals surface area contributed by atoms with Crippen LogP contribution in [0.1, 0.15) is 40.9 Å². The zero-order valence-electron chi connectivity index (χ0n) is 19.7. The van der Waals surface area contributed by atoms with Gasteiger partial charge in [0.25, 0.3) is 11.6 Å². The predicted octanol–water partition coefficient (Wildman–Crippen LogP) is 6.40. The van der Waals surface area contributed by atoms with E-state index in [0.717, 1.165) is 48.1 Å². The first-order chi connectivity index (χ1) is 17.4. The maximum atomic E-state index is 13.8. The van der Waals surface area contributed by atoms with Crippen molar-refractivity contribution < 1.29 is 9.72 Å². The maximum Gasteiger partial charge on any atom is 0.293 e. The molecule has 0 unspecified atom stereocenters. The molecule has 36 heavy (non-hydrogen) atoms. The molecule has 5 rings (SSSR count). The molecule has 2 aromatic carbocycles. The average Bonchev–Trinajstić information content (AvgIpc) is 3.34. The first-order valence-electron chi connectivity index (χ1n) is 11.7. The number of thiazole rings is 1. The third-order valence-electron chi connectivity index (χ3n) is 6.37. The number of anilines is 2. The Hall–Kier alpha value is -3.56. The number of amides is 1. The number of hydrogen-bond donors (Lipinski definition) is 0. The number of rotatable bonds is 6. The Kier molecular flexibility index (Phi) is 6.84. The number of hydrogen-bond acceptors (Lipinski definition) is 7. The molecule has 0 N–H and O–H groups in total. The van der Waals surface area contributed by atoms with Crippen molar-refractivity contribution in [1.29, 1.82) is 0 Å². The zero-order chi connectivity index (χ0) is 25.2. The van der Waals surface area contributed by atoms with Crippen molar-refractivity contribution in [3.63, 3.8) is 0 Å². The number of pyridine rings is 1. The molecule has 1 amide bonds. The second-order valence-electron chi connectivity index (χ2n) is 8.74. The topological polar surface area (TPSA) is 92.5 Å². The van der Waals surface area contributed by atoms with E-state index in [9.17, 15) is 14.9 Å². The van der Waals surface area contributed by atoms with Crippen LogP contribution in [0.3, 0.4) is 0 Å². The molecule has 0 saturated carbocycles. The number of benzene rings is 2. The minimum Gasteiger partial charge on any atom is -0.366 e. The number of piperidine rings is 1. The number of carbonyl (C=O) groups excluding carboxylic acids is 1. The van der Waals surface area contributed by atoms with Crippen LogP contribution >= 0.6 is 22.9 Å². The lowest BCUT2D eigenvalue weighted by Gasteiger charge is -2.28. The highest BCUT2D eigenvalue weighted by atomic mass is 35.5. The molecule has 0 atom stereocenters. The van der Waals surface area contributed by atoms with E-state index in [4.69, 9.17) is 16.6 Å². The molecule has 4 aromatic rings. The summed E-state index contributed by atoms with van der Waals surface area (Å²) in [4.78, 5) is 38.1. The van der Waals surface area contributed by atoms with E-state index in [1.54, 1.807) is 24.4 Å². The number of carbonyl (C=O) groups is 1. The highest BCUT2D eigenvalue weighted by molar-refractivity contribution is 7.22. The number of halogens is 1. The molecule has 0 aliphatic carbocycles. The van der Waals surface area contributed by atoms with Crippen LogP contribution in [0.5, 0.6) is 0 Å².